The van der Waals surface area contributed by atoms with Crippen LogP contribution in [-0.4, -0.2) is 40.2 Å². The van der Waals surface area contributed by atoms with Gasteiger partial charge in [-0.1, -0.05) is 41.7 Å². The number of hydrogen-bond acceptors (Lipinski definition) is 10. The molecule has 0 saturated heterocycles. The molecule has 0 saturated carbocycles. The Balaban J connectivity index is 1.21. The number of hydrogen-bond donors (Lipinski definition) is 1. The minimum Gasteiger partial charge on any atom is -0.323 e. The number of para-hydroxylation sites is 1. The molecule has 0 bridgehead atoms. The lowest BCUT2D eigenvalue weighted by Crippen LogP contribution is -2.15. The van der Waals surface area contributed by atoms with Crippen molar-refractivity contribution in [2.45, 2.75) is 28.7 Å². The van der Waals surface area contributed by atoms with Gasteiger partial charge in [0, 0.05) is 6.54 Å². The van der Waals surface area contributed by atoms with Crippen molar-refractivity contribution in [3.05, 3.63) is 48.3 Å². The van der Waals surface area contributed by atoms with Crippen LogP contribution in [0.15, 0.2) is 52.0 Å². The second-order valence-electron chi connectivity index (χ2n) is 6.65. The van der Waals surface area contributed by atoms with Gasteiger partial charge >= 0.3 is 0 Å². The molecule has 0 aliphatic rings. The van der Waals surface area contributed by atoms with Crippen LogP contribution < -0.4 is 5.32 Å². The summed E-state index contributed by atoms with van der Waals surface area (Å²) in [7, 11) is 0. The van der Waals surface area contributed by atoms with E-state index in [1.54, 1.807) is 23.1 Å². The molecule has 5 aromatic rings. The highest BCUT2D eigenvalue weighted by Crippen LogP contribution is 2.31. The fraction of sp³-hybridized carbons (Fsp3) is 0.200. The van der Waals surface area contributed by atoms with E-state index in [2.05, 4.69) is 42.2 Å². The Bertz CT molecular complexity index is 1360. The second-order valence-corrected chi connectivity index (χ2v) is 10.4. The molecule has 0 unspecified atom stereocenters. The van der Waals surface area contributed by atoms with E-state index in [1.165, 1.54) is 16.5 Å². The highest BCUT2D eigenvalue weighted by Gasteiger charge is 2.15. The summed E-state index contributed by atoms with van der Waals surface area (Å²) in [5.74, 6) is 1.66. The Kier molecular flexibility index (Phi) is 6.35. The minimum absolute atomic E-state index is 0.119. The third-order valence-electron chi connectivity index (χ3n) is 4.60. The molecule has 0 aliphatic heterocycles. The maximum absolute atomic E-state index is 12.5. The van der Waals surface area contributed by atoms with Crippen molar-refractivity contribution in [3.63, 3.8) is 0 Å². The van der Waals surface area contributed by atoms with Crippen LogP contribution in [0.2, 0.25) is 0 Å². The van der Waals surface area contributed by atoms with Gasteiger partial charge < -0.3 is 9.88 Å². The Morgan fingerprint density at radius 3 is 2.81 bits per heavy atom. The molecule has 32 heavy (non-hydrogen) atoms. The standard InChI is InChI=1S/C20H17N7OS4/c1-2-27-16(10-30-20-22-12-6-3-4-9-15(12)31-20)23-24-19(27)29-11-17(28)21-13-7-5-8-14-18(13)26-32-25-14/h3-9H,2,10-11H2,1H3,(H,21,28). The van der Waals surface area contributed by atoms with Gasteiger partial charge in [0.25, 0.3) is 0 Å². The van der Waals surface area contributed by atoms with Crippen molar-refractivity contribution in [1.29, 1.82) is 0 Å². The number of anilines is 1. The normalized spacial score (nSPS) is 11.4. The quantitative estimate of drug-likeness (QED) is 0.300. The van der Waals surface area contributed by atoms with E-state index in [0.717, 1.165) is 44.6 Å². The van der Waals surface area contributed by atoms with Crippen LogP contribution in [0.25, 0.3) is 21.3 Å². The summed E-state index contributed by atoms with van der Waals surface area (Å²) in [4.78, 5) is 17.2. The van der Waals surface area contributed by atoms with Crippen molar-refractivity contribution in [1.82, 2.24) is 28.5 Å². The molecule has 0 aliphatic carbocycles. The zero-order valence-electron chi connectivity index (χ0n) is 16.9. The average molecular weight is 500 g/mol. The van der Waals surface area contributed by atoms with Gasteiger partial charge in [-0.2, -0.15) is 8.75 Å². The summed E-state index contributed by atoms with van der Waals surface area (Å²) < 4.78 is 12.7. The topological polar surface area (TPSA) is 98.5 Å². The van der Waals surface area contributed by atoms with Crippen LogP contribution in [0.3, 0.4) is 0 Å². The third-order valence-corrected chi connectivity index (χ3v) is 8.29. The number of thioether (sulfide) groups is 2. The zero-order valence-corrected chi connectivity index (χ0v) is 20.2. The molecule has 3 heterocycles. The molecule has 0 spiro atoms. The number of carbonyl (C=O) groups is 1. The van der Waals surface area contributed by atoms with E-state index in [9.17, 15) is 4.79 Å². The van der Waals surface area contributed by atoms with Gasteiger partial charge in [-0.25, -0.2) is 4.98 Å². The monoisotopic (exact) mass is 499 g/mol. The number of nitrogens with zero attached hydrogens (tertiary/aromatic N) is 6. The average Bonchev–Trinajstić information content (AvgIpc) is 3.53. The summed E-state index contributed by atoms with van der Waals surface area (Å²) in [5.41, 5.74) is 3.18. The number of aromatic nitrogens is 6. The zero-order chi connectivity index (χ0) is 21.9. The van der Waals surface area contributed by atoms with E-state index < -0.39 is 0 Å². The predicted molar refractivity (Wildman–Crippen MR) is 132 cm³/mol. The number of rotatable bonds is 8. The molecule has 1 amide bonds. The molecule has 0 fully saturated rings. The lowest BCUT2D eigenvalue weighted by Gasteiger charge is -2.07. The first-order valence-electron chi connectivity index (χ1n) is 9.75. The lowest BCUT2D eigenvalue weighted by molar-refractivity contribution is -0.113. The van der Waals surface area contributed by atoms with Crippen molar-refractivity contribution >= 4 is 79.4 Å². The van der Waals surface area contributed by atoms with E-state index in [1.807, 2.05) is 41.0 Å². The van der Waals surface area contributed by atoms with E-state index in [0.29, 0.717) is 17.0 Å². The fourth-order valence-corrected chi connectivity index (χ4v) is 6.49. The Hall–Kier alpha value is -2.54. The Morgan fingerprint density at radius 1 is 1.06 bits per heavy atom. The van der Waals surface area contributed by atoms with Crippen LogP contribution >= 0.6 is 46.6 Å². The maximum Gasteiger partial charge on any atom is 0.234 e. The first-order valence-corrected chi connectivity index (χ1v) is 13.3. The third kappa shape index (κ3) is 4.49. The van der Waals surface area contributed by atoms with Crippen LogP contribution in [0, 0.1) is 0 Å². The number of fused-ring (bicyclic) bond motifs is 2. The highest BCUT2D eigenvalue weighted by molar-refractivity contribution is 8.00. The van der Waals surface area contributed by atoms with Crippen LogP contribution in [0.1, 0.15) is 12.7 Å². The van der Waals surface area contributed by atoms with Gasteiger partial charge in [-0.3, -0.25) is 4.79 Å². The number of benzene rings is 2. The number of nitrogens with one attached hydrogen (secondary N) is 1. The maximum atomic E-state index is 12.5. The van der Waals surface area contributed by atoms with Gasteiger partial charge in [-0.15, -0.1) is 21.5 Å². The van der Waals surface area contributed by atoms with Gasteiger partial charge in [0.15, 0.2) is 9.50 Å². The van der Waals surface area contributed by atoms with Gasteiger partial charge in [0.2, 0.25) is 5.91 Å². The number of carbonyl (C=O) groups excluding carboxylic acids is 1. The smallest absolute Gasteiger partial charge is 0.234 e. The van der Waals surface area contributed by atoms with E-state index >= 15 is 0 Å². The molecule has 8 nitrogen and oxygen atoms in total. The van der Waals surface area contributed by atoms with Crippen molar-refractivity contribution in [2.75, 3.05) is 11.1 Å². The van der Waals surface area contributed by atoms with Crippen LogP contribution in [-0.2, 0) is 17.1 Å². The number of thiazole rings is 1. The van der Waals surface area contributed by atoms with E-state index in [-0.39, 0.29) is 11.7 Å². The summed E-state index contributed by atoms with van der Waals surface area (Å²) >= 11 is 5.84. The largest absolute Gasteiger partial charge is 0.323 e. The molecular weight excluding hydrogens is 483 g/mol. The molecule has 1 N–H and O–H groups in total. The summed E-state index contributed by atoms with van der Waals surface area (Å²) in [6.07, 6.45) is 0. The molecule has 5 rings (SSSR count). The van der Waals surface area contributed by atoms with Crippen LogP contribution in [0.4, 0.5) is 5.69 Å². The van der Waals surface area contributed by atoms with Gasteiger partial charge in [0.1, 0.15) is 16.9 Å². The summed E-state index contributed by atoms with van der Waals surface area (Å²) in [6.45, 7) is 2.78. The highest BCUT2D eigenvalue weighted by atomic mass is 32.2. The number of amides is 1. The predicted octanol–water partition coefficient (Wildman–Crippen LogP) is 4.94. The minimum atomic E-state index is -0.119. The Morgan fingerprint density at radius 2 is 1.94 bits per heavy atom. The molecule has 2 aromatic carbocycles. The molecule has 0 atom stereocenters. The fourth-order valence-electron chi connectivity index (χ4n) is 3.11. The first kappa shape index (κ1) is 21.3. The lowest BCUT2D eigenvalue weighted by atomic mass is 10.2. The second kappa shape index (κ2) is 9.53. The molecule has 3 aromatic heterocycles. The Labute approximate surface area is 200 Å². The van der Waals surface area contributed by atoms with Gasteiger partial charge in [-0.05, 0) is 31.2 Å². The van der Waals surface area contributed by atoms with Crippen molar-refractivity contribution in [2.24, 2.45) is 0 Å². The summed E-state index contributed by atoms with van der Waals surface area (Å²) in [5, 5.41) is 12.3. The first-order chi connectivity index (χ1) is 15.7. The SMILES string of the molecule is CCn1c(CSc2nc3ccccc3s2)nnc1SCC(=O)Nc1cccc2nsnc12. The molecule has 12 heteroatoms. The van der Waals surface area contributed by atoms with E-state index in [4.69, 9.17) is 0 Å². The van der Waals surface area contributed by atoms with Crippen LogP contribution in [0.5, 0.6) is 0 Å². The van der Waals surface area contributed by atoms with Gasteiger partial charge in [0.05, 0.1) is 39.1 Å². The molecule has 162 valence electrons. The van der Waals surface area contributed by atoms with Crippen molar-refractivity contribution < 1.29 is 4.79 Å². The molecule has 0 radical (unpaired) electrons. The molecular formula is C20H17N7OS4. The van der Waals surface area contributed by atoms with Crippen molar-refractivity contribution in [3.8, 4) is 0 Å². The summed E-state index contributed by atoms with van der Waals surface area (Å²) in [6, 6.07) is 13.7.